The molecule has 0 bridgehead atoms. The summed E-state index contributed by atoms with van der Waals surface area (Å²) in [6, 6.07) is 3.94. The van der Waals surface area contributed by atoms with Crippen LogP contribution in [0.2, 0.25) is 0 Å². The van der Waals surface area contributed by atoms with Gasteiger partial charge in [0.15, 0.2) is 6.61 Å². The summed E-state index contributed by atoms with van der Waals surface area (Å²) in [7, 11) is 1.60. The van der Waals surface area contributed by atoms with E-state index in [1.54, 1.807) is 20.9 Å². The van der Waals surface area contributed by atoms with Crippen molar-refractivity contribution in [3.8, 4) is 5.75 Å². The predicted molar refractivity (Wildman–Crippen MR) is 93.4 cm³/mol. The van der Waals surface area contributed by atoms with Crippen LogP contribution in [0.5, 0.6) is 5.75 Å². The monoisotopic (exact) mass is 374 g/mol. The van der Waals surface area contributed by atoms with Crippen LogP contribution in [0.4, 0.5) is 11.4 Å². The lowest BCUT2D eigenvalue weighted by atomic mass is 10.2. The van der Waals surface area contributed by atoms with Crippen molar-refractivity contribution in [2.24, 2.45) is 0 Å². The lowest BCUT2D eigenvalue weighted by Crippen LogP contribution is -2.45. The van der Waals surface area contributed by atoms with Gasteiger partial charge in [0.05, 0.1) is 22.8 Å². The number of carbonyl (C=O) groups is 2. The average Bonchev–Trinajstić information content (AvgIpc) is 2.95. The number of non-ortho nitro benzene ring substituents is 1. The fraction of sp³-hybridized carbons (Fsp3) is 0.353. The summed E-state index contributed by atoms with van der Waals surface area (Å²) in [6.07, 6.45) is 0. The van der Waals surface area contributed by atoms with Gasteiger partial charge in [0, 0.05) is 24.7 Å². The molecule has 2 amide bonds. The Morgan fingerprint density at radius 3 is 2.78 bits per heavy atom. The highest BCUT2D eigenvalue weighted by Gasteiger charge is 2.30. The quantitative estimate of drug-likeness (QED) is 0.576. The van der Waals surface area contributed by atoms with E-state index in [-0.39, 0.29) is 37.0 Å². The SMILES string of the molecule is Cc1noc(C)c1CN(C)C(=O)CN1C(=O)COc2ccc([N+](=O)[O-])cc21. The van der Waals surface area contributed by atoms with Gasteiger partial charge in [-0.3, -0.25) is 24.6 Å². The molecule has 1 aliphatic rings. The van der Waals surface area contributed by atoms with Crippen LogP contribution in [0.1, 0.15) is 17.0 Å². The first kappa shape index (κ1) is 18.4. The average molecular weight is 374 g/mol. The van der Waals surface area contributed by atoms with Crippen molar-refractivity contribution >= 4 is 23.2 Å². The molecule has 0 aliphatic carbocycles. The molecule has 0 radical (unpaired) electrons. The van der Waals surface area contributed by atoms with E-state index in [9.17, 15) is 19.7 Å². The molecule has 0 atom stereocenters. The number of nitrogens with zero attached hydrogens (tertiary/aromatic N) is 4. The summed E-state index contributed by atoms with van der Waals surface area (Å²) in [5, 5.41) is 14.9. The van der Waals surface area contributed by atoms with Gasteiger partial charge in [-0.15, -0.1) is 0 Å². The van der Waals surface area contributed by atoms with E-state index < -0.39 is 10.8 Å². The second-order valence-corrected chi connectivity index (χ2v) is 6.23. The Morgan fingerprint density at radius 2 is 2.15 bits per heavy atom. The number of nitro groups is 1. The van der Waals surface area contributed by atoms with Crippen molar-refractivity contribution < 1.29 is 23.8 Å². The number of rotatable bonds is 5. The van der Waals surface area contributed by atoms with Gasteiger partial charge < -0.3 is 14.2 Å². The summed E-state index contributed by atoms with van der Waals surface area (Å²) in [6.45, 7) is 3.34. The molecule has 10 heteroatoms. The van der Waals surface area contributed by atoms with Crippen LogP contribution in [-0.2, 0) is 16.1 Å². The third kappa shape index (κ3) is 3.59. The van der Waals surface area contributed by atoms with Gasteiger partial charge in [-0.2, -0.15) is 0 Å². The summed E-state index contributed by atoms with van der Waals surface area (Å²) in [5.74, 6) is 0.168. The molecule has 1 aromatic carbocycles. The third-order valence-electron chi connectivity index (χ3n) is 4.39. The normalized spacial score (nSPS) is 13.1. The van der Waals surface area contributed by atoms with E-state index in [0.29, 0.717) is 17.2 Å². The Hall–Kier alpha value is -3.43. The predicted octanol–water partition coefficient (Wildman–Crippen LogP) is 1.58. The van der Waals surface area contributed by atoms with Crippen LogP contribution in [0.15, 0.2) is 22.7 Å². The summed E-state index contributed by atoms with van der Waals surface area (Å²) >= 11 is 0. The largest absolute Gasteiger partial charge is 0.482 e. The van der Waals surface area contributed by atoms with Gasteiger partial charge in [0.2, 0.25) is 5.91 Å². The molecule has 1 aliphatic heterocycles. The number of hydrogen-bond acceptors (Lipinski definition) is 7. The molecular weight excluding hydrogens is 356 g/mol. The van der Waals surface area contributed by atoms with Crippen LogP contribution in [0, 0.1) is 24.0 Å². The number of aryl methyl sites for hydroxylation is 2. The minimum Gasteiger partial charge on any atom is -0.482 e. The van der Waals surface area contributed by atoms with Crippen molar-refractivity contribution in [2.75, 3.05) is 25.1 Å². The third-order valence-corrected chi connectivity index (χ3v) is 4.39. The summed E-state index contributed by atoms with van der Waals surface area (Å²) in [4.78, 5) is 38.0. The van der Waals surface area contributed by atoms with E-state index in [4.69, 9.17) is 9.26 Å². The summed E-state index contributed by atoms with van der Waals surface area (Å²) in [5.41, 5.74) is 1.51. The highest BCUT2D eigenvalue weighted by molar-refractivity contribution is 6.02. The first-order chi connectivity index (χ1) is 12.8. The van der Waals surface area contributed by atoms with Gasteiger partial charge in [0.1, 0.15) is 18.1 Å². The van der Waals surface area contributed by atoms with Crippen molar-refractivity contribution in [1.29, 1.82) is 0 Å². The second kappa shape index (κ2) is 7.06. The maximum absolute atomic E-state index is 12.6. The van der Waals surface area contributed by atoms with Crippen molar-refractivity contribution in [2.45, 2.75) is 20.4 Å². The molecule has 27 heavy (non-hydrogen) atoms. The van der Waals surface area contributed by atoms with Crippen LogP contribution < -0.4 is 9.64 Å². The Balaban J connectivity index is 1.80. The zero-order chi connectivity index (χ0) is 19.7. The summed E-state index contributed by atoms with van der Waals surface area (Å²) < 4.78 is 10.4. The number of nitro benzene ring substituents is 1. The maximum atomic E-state index is 12.6. The highest BCUT2D eigenvalue weighted by atomic mass is 16.6. The zero-order valence-electron chi connectivity index (χ0n) is 15.1. The topological polar surface area (TPSA) is 119 Å². The first-order valence-corrected chi connectivity index (χ1v) is 8.15. The van der Waals surface area contributed by atoms with Gasteiger partial charge in [-0.05, 0) is 19.9 Å². The molecule has 0 unspecified atom stereocenters. The molecule has 2 heterocycles. The van der Waals surface area contributed by atoms with E-state index in [2.05, 4.69) is 5.16 Å². The number of aromatic nitrogens is 1. The zero-order valence-corrected chi connectivity index (χ0v) is 15.1. The van der Waals surface area contributed by atoms with E-state index in [1.165, 1.54) is 28.0 Å². The molecule has 0 fully saturated rings. The Morgan fingerprint density at radius 1 is 1.41 bits per heavy atom. The van der Waals surface area contributed by atoms with Gasteiger partial charge in [-0.25, -0.2) is 0 Å². The number of ether oxygens (including phenoxy) is 1. The second-order valence-electron chi connectivity index (χ2n) is 6.23. The molecule has 0 saturated heterocycles. The van der Waals surface area contributed by atoms with Gasteiger partial charge in [0.25, 0.3) is 11.6 Å². The fourth-order valence-corrected chi connectivity index (χ4v) is 2.79. The van der Waals surface area contributed by atoms with Crippen molar-refractivity contribution in [1.82, 2.24) is 10.1 Å². The Labute approximate surface area is 154 Å². The number of hydrogen-bond donors (Lipinski definition) is 0. The molecule has 0 spiro atoms. The molecule has 0 saturated carbocycles. The number of benzene rings is 1. The van der Waals surface area contributed by atoms with E-state index >= 15 is 0 Å². The molecular formula is C17H18N4O6. The van der Waals surface area contributed by atoms with E-state index in [0.717, 1.165) is 5.56 Å². The Bertz CT molecular complexity index is 903. The fourth-order valence-electron chi connectivity index (χ4n) is 2.79. The van der Waals surface area contributed by atoms with Crippen molar-refractivity contribution in [3.63, 3.8) is 0 Å². The van der Waals surface area contributed by atoms with Gasteiger partial charge in [-0.1, -0.05) is 5.16 Å². The number of fused-ring (bicyclic) bond motifs is 1. The van der Waals surface area contributed by atoms with E-state index in [1.807, 2.05) is 0 Å². The number of likely N-dealkylation sites (N-methyl/N-ethyl adjacent to an activating group) is 1. The van der Waals surface area contributed by atoms with Crippen LogP contribution in [0.3, 0.4) is 0 Å². The Kier molecular flexibility index (Phi) is 4.80. The van der Waals surface area contributed by atoms with Crippen LogP contribution in [-0.4, -0.2) is 47.0 Å². The highest BCUT2D eigenvalue weighted by Crippen LogP contribution is 2.35. The molecule has 142 valence electrons. The maximum Gasteiger partial charge on any atom is 0.271 e. The lowest BCUT2D eigenvalue weighted by Gasteiger charge is -2.30. The number of anilines is 1. The minimum atomic E-state index is -0.567. The van der Waals surface area contributed by atoms with Crippen molar-refractivity contribution in [3.05, 3.63) is 45.3 Å². The number of carbonyl (C=O) groups excluding carboxylic acids is 2. The molecule has 0 N–H and O–H groups in total. The molecule has 2 aromatic rings. The van der Waals surface area contributed by atoms with Gasteiger partial charge >= 0.3 is 0 Å². The molecule has 10 nitrogen and oxygen atoms in total. The van der Waals surface area contributed by atoms with Crippen LogP contribution in [0.25, 0.3) is 0 Å². The smallest absolute Gasteiger partial charge is 0.271 e. The molecule has 3 rings (SSSR count). The number of amides is 2. The lowest BCUT2D eigenvalue weighted by molar-refractivity contribution is -0.384. The standard InChI is InChI=1S/C17H18N4O6/c1-10-13(11(2)27-18-10)7-19(3)16(22)8-20-14-6-12(21(24)25)4-5-15(14)26-9-17(20)23/h4-6H,7-9H2,1-3H3. The minimum absolute atomic E-state index is 0.187. The first-order valence-electron chi connectivity index (χ1n) is 8.15. The van der Waals surface area contributed by atoms with Crippen LogP contribution >= 0.6 is 0 Å². The molecule has 1 aromatic heterocycles.